The maximum atomic E-state index is 5.79. The predicted octanol–water partition coefficient (Wildman–Crippen LogP) is 1.51. The summed E-state index contributed by atoms with van der Waals surface area (Å²) in [6.45, 7) is 4.92. The van der Waals surface area contributed by atoms with Crippen molar-refractivity contribution in [2.24, 2.45) is 18.7 Å². The van der Waals surface area contributed by atoms with E-state index in [0.29, 0.717) is 12.5 Å². The summed E-state index contributed by atoms with van der Waals surface area (Å²) in [5.41, 5.74) is 7.80. The average molecular weight is 233 g/mol. The maximum Gasteiger partial charge on any atom is 0.111 e. The van der Waals surface area contributed by atoms with E-state index in [4.69, 9.17) is 5.73 Å². The summed E-state index contributed by atoms with van der Waals surface area (Å²) in [6, 6.07) is 1.96. The van der Waals surface area contributed by atoms with Gasteiger partial charge in [-0.25, -0.2) is 4.98 Å². The van der Waals surface area contributed by atoms with Gasteiger partial charge in [0, 0.05) is 25.7 Å². The third kappa shape index (κ3) is 2.24. The number of H-pyrrole nitrogens is 1. The fraction of sp³-hybridized carbons (Fsp3) is 0.500. The predicted molar refractivity (Wildman–Crippen MR) is 67.4 cm³/mol. The smallest absolute Gasteiger partial charge is 0.111 e. The van der Waals surface area contributed by atoms with E-state index in [2.05, 4.69) is 28.9 Å². The Balaban J connectivity index is 2.30. The molecule has 17 heavy (non-hydrogen) atoms. The van der Waals surface area contributed by atoms with E-state index in [-0.39, 0.29) is 5.92 Å². The minimum absolute atomic E-state index is 0.275. The quantitative estimate of drug-likeness (QED) is 0.840. The molecule has 0 aliphatic rings. The second-order valence-electron chi connectivity index (χ2n) is 4.61. The molecule has 1 atom stereocenters. The Hall–Kier alpha value is -1.62. The Morgan fingerprint density at radius 2 is 2.24 bits per heavy atom. The fourth-order valence-electron chi connectivity index (χ4n) is 1.99. The molecule has 3 N–H and O–H groups in total. The summed E-state index contributed by atoms with van der Waals surface area (Å²) in [5.74, 6) is 1.71. The third-order valence-electron chi connectivity index (χ3n) is 3.10. The molecule has 2 rings (SSSR count). The van der Waals surface area contributed by atoms with E-state index in [9.17, 15) is 0 Å². The summed E-state index contributed by atoms with van der Waals surface area (Å²) < 4.78 is 1.82. The number of aromatic nitrogens is 4. The molecule has 0 fully saturated rings. The van der Waals surface area contributed by atoms with Gasteiger partial charge in [-0.15, -0.1) is 0 Å². The number of rotatable bonds is 4. The molecular formula is C12H19N5. The molecule has 0 amide bonds. The van der Waals surface area contributed by atoms with Crippen LogP contribution in [0.4, 0.5) is 0 Å². The van der Waals surface area contributed by atoms with E-state index in [0.717, 1.165) is 17.2 Å². The number of aromatic amines is 1. The van der Waals surface area contributed by atoms with Crippen molar-refractivity contribution in [1.82, 2.24) is 19.7 Å². The largest absolute Gasteiger partial charge is 0.340 e. The lowest BCUT2D eigenvalue weighted by atomic mass is 9.95. The first-order chi connectivity index (χ1) is 8.13. The van der Waals surface area contributed by atoms with Crippen molar-refractivity contribution in [2.45, 2.75) is 19.8 Å². The molecule has 0 saturated heterocycles. The summed E-state index contributed by atoms with van der Waals surface area (Å²) in [5, 5.41) is 4.15. The van der Waals surface area contributed by atoms with E-state index in [1.165, 1.54) is 0 Å². The molecule has 0 spiro atoms. The van der Waals surface area contributed by atoms with Gasteiger partial charge in [-0.05, 0) is 12.0 Å². The number of hydrogen-bond donors (Lipinski definition) is 2. The van der Waals surface area contributed by atoms with Crippen LogP contribution in [-0.4, -0.2) is 26.3 Å². The minimum atomic E-state index is 0.275. The van der Waals surface area contributed by atoms with E-state index in [1.807, 2.05) is 24.0 Å². The highest BCUT2D eigenvalue weighted by Crippen LogP contribution is 2.23. The molecule has 0 aromatic carbocycles. The molecule has 2 aromatic heterocycles. The zero-order valence-electron chi connectivity index (χ0n) is 10.5. The Labute approximate surface area is 101 Å². The average Bonchev–Trinajstić information content (AvgIpc) is 2.87. The minimum Gasteiger partial charge on any atom is -0.340 e. The Morgan fingerprint density at radius 1 is 1.47 bits per heavy atom. The van der Waals surface area contributed by atoms with Gasteiger partial charge < -0.3 is 10.7 Å². The second-order valence-corrected chi connectivity index (χ2v) is 4.61. The van der Waals surface area contributed by atoms with Crippen LogP contribution in [0.3, 0.4) is 0 Å². The van der Waals surface area contributed by atoms with E-state index >= 15 is 0 Å². The van der Waals surface area contributed by atoms with E-state index < -0.39 is 0 Å². The molecule has 0 aliphatic carbocycles. The monoisotopic (exact) mass is 233 g/mol. The molecule has 0 radical (unpaired) electrons. The van der Waals surface area contributed by atoms with Crippen molar-refractivity contribution >= 4 is 0 Å². The molecule has 92 valence electrons. The van der Waals surface area contributed by atoms with Gasteiger partial charge in [0.15, 0.2) is 0 Å². The number of aryl methyl sites for hydroxylation is 1. The Morgan fingerprint density at radius 3 is 2.76 bits per heavy atom. The highest BCUT2D eigenvalue weighted by atomic mass is 15.3. The Kier molecular flexibility index (Phi) is 3.28. The van der Waals surface area contributed by atoms with Crippen molar-refractivity contribution in [1.29, 1.82) is 0 Å². The van der Waals surface area contributed by atoms with Crippen molar-refractivity contribution in [3.63, 3.8) is 0 Å². The van der Waals surface area contributed by atoms with Crippen LogP contribution in [0.25, 0.3) is 11.4 Å². The number of nitrogens with two attached hydrogens (primary N) is 1. The summed E-state index contributed by atoms with van der Waals surface area (Å²) in [4.78, 5) is 7.77. The van der Waals surface area contributed by atoms with Crippen LogP contribution in [0.15, 0.2) is 18.5 Å². The lowest BCUT2D eigenvalue weighted by molar-refractivity contribution is 0.487. The molecule has 1 unspecified atom stereocenters. The van der Waals surface area contributed by atoms with Gasteiger partial charge in [0.2, 0.25) is 0 Å². The zero-order valence-corrected chi connectivity index (χ0v) is 10.5. The van der Waals surface area contributed by atoms with Crippen LogP contribution in [0.1, 0.15) is 25.6 Å². The van der Waals surface area contributed by atoms with Crippen molar-refractivity contribution in [3.05, 3.63) is 24.3 Å². The van der Waals surface area contributed by atoms with Crippen LogP contribution in [-0.2, 0) is 7.05 Å². The number of nitrogens with zero attached hydrogens (tertiary/aromatic N) is 3. The summed E-state index contributed by atoms with van der Waals surface area (Å²) >= 11 is 0. The zero-order chi connectivity index (χ0) is 12.4. The van der Waals surface area contributed by atoms with Gasteiger partial charge in [-0.2, -0.15) is 5.10 Å². The molecule has 2 aromatic rings. The number of imidazole rings is 1. The molecule has 0 aliphatic heterocycles. The first kappa shape index (κ1) is 11.9. The van der Waals surface area contributed by atoms with Gasteiger partial charge in [-0.1, -0.05) is 13.8 Å². The molecule has 5 nitrogen and oxygen atoms in total. The topological polar surface area (TPSA) is 72.5 Å². The number of nitrogens with one attached hydrogen (secondary N) is 1. The van der Waals surface area contributed by atoms with Gasteiger partial charge in [0.05, 0.1) is 17.6 Å². The lowest BCUT2D eigenvalue weighted by Gasteiger charge is -2.15. The van der Waals surface area contributed by atoms with Crippen molar-refractivity contribution in [2.75, 3.05) is 6.54 Å². The van der Waals surface area contributed by atoms with Crippen LogP contribution in [0.5, 0.6) is 0 Å². The summed E-state index contributed by atoms with van der Waals surface area (Å²) in [7, 11) is 1.92. The molecular weight excluding hydrogens is 214 g/mol. The van der Waals surface area contributed by atoms with Crippen LogP contribution in [0, 0.1) is 5.92 Å². The van der Waals surface area contributed by atoms with Crippen LogP contribution in [0.2, 0.25) is 0 Å². The van der Waals surface area contributed by atoms with Crippen molar-refractivity contribution in [3.8, 4) is 11.4 Å². The highest BCUT2D eigenvalue weighted by Gasteiger charge is 2.18. The highest BCUT2D eigenvalue weighted by molar-refractivity contribution is 5.53. The van der Waals surface area contributed by atoms with Crippen LogP contribution < -0.4 is 5.73 Å². The first-order valence-corrected chi connectivity index (χ1v) is 5.86. The maximum absolute atomic E-state index is 5.79. The Bertz CT molecular complexity index is 483. The SMILES string of the molecule is CC(C)C(CN)c1ncc(-c2ccnn2C)[nH]1. The fourth-order valence-corrected chi connectivity index (χ4v) is 1.99. The standard InChI is InChI=1S/C12H19N5/c1-8(2)9(6-13)12-14-7-10(16-12)11-4-5-15-17(11)3/h4-5,7-9H,6,13H2,1-3H3,(H,14,16). The lowest BCUT2D eigenvalue weighted by Crippen LogP contribution is -2.19. The second kappa shape index (κ2) is 4.71. The number of hydrogen-bond acceptors (Lipinski definition) is 3. The molecule has 0 bridgehead atoms. The normalized spacial score (nSPS) is 13.2. The van der Waals surface area contributed by atoms with Crippen LogP contribution >= 0.6 is 0 Å². The molecule has 2 heterocycles. The summed E-state index contributed by atoms with van der Waals surface area (Å²) in [6.07, 6.45) is 3.62. The van der Waals surface area contributed by atoms with Gasteiger partial charge in [0.1, 0.15) is 5.82 Å². The first-order valence-electron chi connectivity index (χ1n) is 5.86. The van der Waals surface area contributed by atoms with E-state index in [1.54, 1.807) is 6.20 Å². The molecule has 5 heteroatoms. The third-order valence-corrected chi connectivity index (χ3v) is 3.10. The van der Waals surface area contributed by atoms with Gasteiger partial charge >= 0.3 is 0 Å². The molecule has 0 saturated carbocycles. The van der Waals surface area contributed by atoms with Crippen molar-refractivity contribution < 1.29 is 0 Å². The van der Waals surface area contributed by atoms with Gasteiger partial charge in [0.25, 0.3) is 0 Å². The van der Waals surface area contributed by atoms with Gasteiger partial charge in [-0.3, -0.25) is 4.68 Å².